The molecule has 108 valence electrons. The zero-order chi connectivity index (χ0) is 14.2. The average molecular weight is 297 g/mol. The first kappa shape index (κ1) is 13.8. The van der Waals surface area contributed by atoms with Gasteiger partial charge >= 0.3 is 0 Å². The minimum absolute atomic E-state index is 0.0954. The second-order valence-electron chi connectivity index (χ2n) is 5.84. The van der Waals surface area contributed by atoms with Gasteiger partial charge in [-0.15, -0.1) is 0 Å². The molecular formula is C15H18ClFN2O. The van der Waals surface area contributed by atoms with Crippen LogP contribution in [0.5, 0.6) is 0 Å². The number of hydrogen-bond donors (Lipinski definition) is 2. The molecule has 2 fully saturated rings. The van der Waals surface area contributed by atoms with E-state index in [0.29, 0.717) is 6.54 Å². The quantitative estimate of drug-likeness (QED) is 0.900. The number of halogens is 2. The molecule has 2 aliphatic rings. The monoisotopic (exact) mass is 296 g/mol. The predicted octanol–water partition coefficient (Wildman–Crippen LogP) is 2.49. The van der Waals surface area contributed by atoms with Crippen LogP contribution in [0.1, 0.15) is 24.8 Å². The van der Waals surface area contributed by atoms with Crippen LogP contribution in [-0.2, 0) is 11.3 Å². The van der Waals surface area contributed by atoms with Crippen LogP contribution in [0.2, 0.25) is 5.02 Å². The normalized spacial score (nSPS) is 23.6. The molecule has 3 rings (SSSR count). The molecule has 0 radical (unpaired) electrons. The minimum atomic E-state index is -0.433. The maximum Gasteiger partial charge on any atom is 0.223 e. The molecule has 1 aliphatic carbocycles. The number of amides is 1. The van der Waals surface area contributed by atoms with Crippen molar-refractivity contribution in [2.75, 3.05) is 13.1 Å². The van der Waals surface area contributed by atoms with Gasteiger partial charge in [-0.2, -0.15) is 0 Å². The highest BCUT2D eigenvalue weighted by atomic mass is 35.5. The average Bonchev–Trinajstić information content (AvgIpc) is 3.14. The minimum Gasteiger partial charge on any atom is -0.352 e. The topological polar surface area (TPSA) is 41.1 Å². The third-order valence-corrected chi connectivity index (χ3v) is 4.85. The largest absolute Gasteiger partial charge is 0.352 e. The van der Waals surface area contributed by atoms with Crippen LogP contribution < -0.4 is 10.6 Å². The lowest BCUT2D eigenvalue weighted by molar-refractivity contribution is -0.123. The van der Waals surface area contributed by atoms with Crippen LogP contribution in [0.15, 0.2) is 18.2 Å². The number of piperidine rings is 1. The van der Waals surface area contributed by atoms with Crippen LogP contribution >= 0.6 is 11.6 Å². The Labute approximate surface area is 122 Å². The van der Waals surface area contributed by atoms with Gasteiger partial charge in [0, 0.05) is 12.5 Å². The molecule has 1 saturated carbocycles. The van der Waals surface area contributed by atoms with Gasteiger partial charge in [0.15, 0.2) is 0 Å². The summed E-state index contributed by atoms with van der Waals surface area (Å²) in [5, 5.41) is 6.36. The van der Waals surface area contributed by atoms with Gasteiger partial charge in [0.2, 0.25) is 5.91 Å². The molecule has 1 aliphatic heterocycles. The Morgan fingerprint density at radius 2 is 2.20 bits per heavy atom. The van der Waals surface area contributed by atoms with Gasteiger partial charge in [-0.25, -0.2) is 4.39 Å². The second-order valence-corrected chi connectivity index (χ2v) is 6.24. The van der Waals surface area contributed by atoms with Crippen molar-refractivity contribution in [3.63, 3.8) is 0 Å². The molecule has 2 N–H and O–H groups in total. The van der Waals surface area contributed by atoms with Gasteiger partial charge in [-0.1, -0.05) is 17.7 Å². The molecule has 3 nitrogen and oxygen atoms in total. The van der Waals surface area contributed by atoms with Crippen molar-refractivity contribution < 1.29 is 9.18 Å². The van der Waals surface area contributed by atoms with Crippen molar-refractivity contribution in [2.24, 2.45) is 11.3 Å². The fraction of sp³-hybridized carbons (Fsp3) is 0.533. The summed E-state index contributed by atoms with van der Waals surface area (Å²) < 4.78 is 13.0. The van der Waals surface area contributed by atoms with Crippen LogP contribution in [0.25, 0.3) is 0 Å². The summed E-state index contributed by atoms with van der Waals surface area (Å²) in [5.74, 6) is -0.162. The van der Waals surface area contributed by atoms with E-state index in [4.69, 9.17) is 11.6 Å². The number of nitrogens with one attached hydrogen (secondary N) is 2. The van der Waals surface area contributed by atoms with Crippen molar-refractivity contribution in [3.8, 4) is 0 Å². The Morgan fingerprint density at radius 3 is 2.90 bits per heavy atom. The zero-order valence-electron chi connectivity index (χ0n) is 11.2. The molecule has 1 unspecified atom stereocenters. The number of carbonyl (C=O) groups excluding carboxylic acids is 1. The van der Waals surface area contributed by atoms with Crippen molar-refractivity contribution in [1.29, 1.82) is 0 Å². The Morgan fingerprint density at radius 1 is 1.45 bits per heavy atom. The number of carbonyl (C=O) groups is 1. The molecule has 1 heterocycles. The maximum atomic E-state index is 13.0. The predicted molar refractivity (Wildman–Crippen MR) is 75.9 cm³/mol. The first-order chi connectivity index (χ1) is 9.61. The lowest BCUT2D eigenvalue weighted by Gasteiger charge is -2.23. The van der Waals surface area contributed by atoms with E-state index in [-0.39, 0.29) is 22.3 Å². The highest BCUT2D eigenvalue weighted by molar-refractivity contribution is 6.30. The standard InChI is InChI=1S/C15H18ClFN2O/c16-12-7-10(1-2-13(12)17)9-19-14(20)11-8-15(11)3-5-18-6-4-15/h1-2,7,11,18H,3-6,8-9H2,(H,19,20). The van der Waals surface area contributed by atoms with Gasteiger partial charge in [0.05, 0.1) is 5.02 Å². The second kappa shape index (κ2) is 5.34. The summed E-state index contributed by atoms with van der Waals surface area (Å²) in [6.45, 7) is 2.43. The molecule has 1 spiro atoms. The smallest absolute Gasteiger partial charge is 0.223 e. The summed E-state index contributed by atoms with van der Waals surface area (Å²) in [4.78, 5) is 12.2. The lowest BCUT2D eigenvalue weighted by Crippen LogP contribution is -2.33. The molecule has 1 saturated heterocycles. The third-order valence-electron chi connectivity index (χ3n) is 4.56. The third kappa shape index (κ3) is 2.67. The Balaban J connectivity index is 1.54. The SMILES string of the molecule is O=C(NCc1ccc(F)c(Cl)c1)C1CC12CCNCC2. The molecule has 0 aromatic heterocycles. The van der Waals surface area contributed by atoms with Gasteiger partial charge in [0.1, 0.15) is 5.82 Å². The van der Waals surface area contributed by atoms with Crippen LogP contribution in [-0.4, -0.2) is 19.0 Å². The number of benzene rings is 1. The molecule has 1 aromatic carbocycles. The highest BCUT2D eigenvalue weighted by Gasteiger charge is 2.57. The zero-order valence-corrected chi connectivity index (χ0v) is 12.0. The summed E-state index contributed by atoms with van der Waals surface area (Å²) in [6.07, 6.45) is 3.19. The lowest BCUT2D eigenvalue weighted by atomic mass is 9.92. The van der Waals surface area contributed by atoms with Crippen molar-refractivity contribution in [2.45, 2.75) is 25.8 Å². The summed E-state index contributed by atoms with van der Waals surface area (Å²) in [5.41, 5.74) is 1.07. The summed E-state index contributed by atoms with van der Waals surface area (Å²) in [6, 6.07) is 4.54. The molecule has 20 heavy (non-hydrogen) atoms. The van der Waals surface area contributed by atoms with Gasteiger partial charge in [0.25, 0.3) is 0 Å². The molecule has 0 bridgehead atoms. The van der Waals surface area contributed by atoms with E-state index in [9.17, 15) is 9.18 Å². The molecule has 1 atom stereocenters. The van der Waals surface area contributed by atoms with Crippen molar-refractivity contribution in [1.82, 2.24) is 10.6 Å². The first-order valence-corrected chi connectivity index (χ1v) is 7.41. The molecule has 5 heteroatoms. The summed E-state index contributed by atoms with van der Waals surface area (Å²) >= 11 is 5.73. The maximum absolute atomic E-state index is 13.0. The number of hydrogen-bond acceptors (Lipinski definition) is 2. The van der Waals surface area contributed by atoms with Gasteiger partial charge in [-0.3, -0.25) is 4.79 Å². The van der Waals surface area contributed by atoms with Crippen molar-refractivity contribution >= 4 is 17.5 Å². The summed E-state index contributed by atoms with van der Waals surface area (Å²) in [7, 11) is 0. The fourth-order valence-electron chi connectivity index (χ4n) is 3.16. The number of rotatable bonds is 3. The van der Waals surface area contributed by atoms with E-state index >= 15 is 0 Å². The van der Waals surface area contributed by atoms with E-state index < -0.39 is 5.82 Å². The van der Waals surface area contributed by atoms with Crippen LogP contribution in [0.3, 0.4) is 0 Å². The Kier molecular flexibility index (Phi) is 3.69. The van der Waals surface area contributed by atoms with Crippen molar-refractivity contribution in [3.05, 3.63) is 34.6 Å². The van der Waals surface area contributed by atoms with E-state index in [0.717, 1.165) is 37.9 Å². The van der Waals surface area contributed by atoms with E-state index in [2.05, 4.69) is 10.6 Å². The van der Waals surface area contributed by atoms with E-state index in [1.165, 1.54) is 6.07 Å². The Bertz CT molecular complexity index is 529. The van der Waals surface area contributed by atoms with Gasteiger partial charge < -0.3 is 10.6 Å². The molecule has 1 amide bonds. The fourth-order valence-corrected chi connectivity index (χ4v) is 3.36. The van der Waals surface area contributed by atoms with Crippen LogP contribution in [0, 0.1) is 17.2 Å². The first-order valence-electron chi connectivity index (χ1n) is 7.03. The van der Waals surface area contributed by atoms with E-state index in [1.54, 1.807) is 12.1 Å². The Hall–Kier alpha value is -1.13. The van der Waals surface area contributed by atoms with E-state index in [1.807, 2.05) is 0 Å². The van der Waals surface area contributed by atoms with Crippen LogP contribution in [0.4, 0.5) is 4.39 Å². The molecular weight excluding hydrogens is 279 g/mol. The molecule has 1 aromatic rings. The van der Waals surface area contributed by atoms with Gasteiger partial charge in [-0.05, 0) is 55.5 Å². The highest BCUT2D eigenvalue weighted by Crippen LogP contribution is 2.58.